The number of primary amides is 1. The van der Waals surface area contributed by atoms with Gasteiger partial charge in [0.2, 0.25) is 0 Å². The first-order chi connectivity index (χ1) is 4.09. The number of hydrogen-bond donors (Lipinski definition) is 1. The summed E-state index contributed by atoms with van der Waals surface area (Å²) >= 11 is 0. The maximum Gasteiger partial charge on any atom is 0.334 e. The SMILES string of the molecule is CON(C)C(=O)C(N)=O. The monoisotopic (exact) mass is 132 g/mol. The Morgan fingerprint density at radius 3 is 2.11 bits per heavy atom. The van der Waals surface area contributed by atoms with Crippen LogP contribution in [0.15, 0.2) is 0 Å². The van der Waals surface area contributed by atoms with Crippen LogP contribution in [0.4, 0.5) is 0 Å². The molecule has 0 rings (SSSR count). The summed E-state index contributed by atoms with van der Waals surface area (Å²) in [4.78, 5) is 24.8. The standard InChI is InChI=1S/C4H8N2O3/c1-6(9-2)4(8)3(5)7/h1-2H3,(H2,5,7). The second kappa shape index (κ2) is 3.03. The smallest absolute Gasteiger partial charge is 0.334 e. The van der Waals surface area contributed by atoms with E-state index in [2.05, 4.69) is 10.6 Å². The summed E-state index contributed by atoms with van der Waals surface area (Å²) in [6, 6.07) is 0. The minimum absolute atomic E-state index is 0.752. The van der Waals surface area contributed by atoms with Crippen molar-refractivity contribution in [1.82, 2.24) is 5.06 Å². The quantitative estimate of drug-likeness (QED) is 0.348. The predicted molar refractivity (Wildman–Crippen MR) is 29.0 cm³/mol. The molecule has 0 aliphatic carbocycles. The molecule has 0 aromatic carbocycles. The largest absolute Gasteiger partial charge is 0.361 e. The molecule has 0 heterocycles. The second-order valence-corrected chi connectivity index (χ2v) is 1.35. The number of nitrogens with two attached hydrogens (primary N) is 1. The summed E-state index contributed by atoms with van der Waals surface area (Å²) in [5, 5.41) is 0.752. The Kier molecular flexibility index (Phi) is 2.66. The molecule has 0 fully saturated rings. The molecule has 5 heteroatoms. The van der Waals surface area contributed by atoms with Crippen molar-refractivity contribution in [3.8, 4) is 0 Å². The summed E-state index contributed by atoms with van der Waals surface area (Å²) in [5.74, 6) is -1.89. The predicted octanol–water partition coefficient (Wildman–Crippen LogP) is -1.51. The Morgan fingerprint density at radius 2 is 2.00 bits per heavy atom. The molecular weight excluding hydrogens is 124 g/mol. The lowest BCUT2D eigenvalue weighted by Gasteiger charge is -2.09. The summed E-state index contributed by atoms with van der Waals surface area (Å²) < 4.78 is 0. The lowest BCUT2D eigenvalue weighted by atomic mass is 10.6. The molecule has 0 radical (unpaired) electrons. The Labute approximate surface area is 52.3 Å². The number of amides is 2. The van der Waals surface area contributed by atoms with E-state index in [-0.39, 0.29) is 0 Å². The Bertz CT molecular complexity index is 134. The van der Waals surface area contributed by atoms with Crippen LogP contribution >= 0.6 is 0 Å². The number of rotatable bonds is 1. The van der Waals surface area contributed by atoms with E-state index in [0.717, 1.165) is 5.06 Å². The highest BCUT2D eigenvalue weighted by Crippen LogP contribution is 1.80. The van der Waals surface area contributed by atoms with E-state index in [0.29, 0.717) is 0 Å². The highest BCUT2D eigenvalue weighted by molar-refractivity contribution is 6.33. The summed E-state index contributed by atoms with van der Waals surface area (Å²) in [7, 11) is 2.56. The van der Waals surface area contributed by atoms with E-state index in [9.17, 15) is 9.59 Å². The third kappa shape index (κ3) is 2.09. The van der Waals surface area contributed by atoms with Crippen LogP contribution in [-0.4, -0.2) is 31.0 Å². The maximum atomic E-state index is 10.4. The molecule has 0 bridgehead atoms. The van der Waals surface area contributed by atoms with Crippen molar-refractivity contribution in [2.45, 2.75) is 0 Å². The second-order valence-electron chi connectivity index (χ2n) is 1.35. The van der Waals surface area contributed by atoms with E-state index < -0.39 is 11.8 Å². The Morgan fingerprint density at radius 1 is 1.56 bits per heavy atom. The minimum atomic E-state index is -1.03. The van der Waals surface area contributed by atoms with Crippen LogP contribution in [0.25, 0.3) is 0 Å². The van der Waals surface area contributed by atoms with E-state index in [1.807, 2.05) is 0 Å². The van der Waals surface area contributed by atoms with Crippen LogP contribution in [0, 0.1) is 0 Å². The van der Waals surface area contributed by atoms with E-state index in [4.69, 9.17) is 0 Å². The molecule has 0 saturated carbocycles. The highest BCUT2D eigenvalue weighted by atomic mass is 16.7. The average Bonchev–Trinajstić information content (AvgIpc) is 1.84. The number of hydrogen-bond acceptors (Lipinski definition) is 3. The third-order valence-corrected chi connectivity index (χ3v) is 0.771. The van der Waals surface area contributed by atoms with Crippen LogP contribution in [0.1, 0.15) is 0 Å². The fourth-order valence-electron chi connectivity index (χ4n) is 0.238. The Hall–Kier alpha value is -1.10. The van der Waals surface area contributed by atoms with Crippen LogP contribution in [-0.2, 0) is 14.4 Å². The molecule has 2 amide bonds. The highest BCUT2D eigenvalue weighted by Gasteiger charge is 2.13. The van der Waals surface area contributed by atoms with Gasteiger partial charge >= 0.3 is 11.8 Å². The van der Waals surface area contributed by atoms with E-state index >= 15 is 0 Å². The Balaban J connectivity index is 3.88. The van der Waals surface area contributed by atoms with E-state index in [1.165, 1.54) is 14.2 Å². The van der Waals surface area contributed by atoms with Gasteiger partial charge in [-0.15, -0.1) is 0 Å². The maximum absolute atomic E-state index is 10.4. The molecular formula is C4H8N2O3. The molecule has 5 nitrogen and oxygen atoms in total. The number of nitrogens with zero attached hydrogens (tertiary/aromatic N) is 1. The number of hydroxylamine groups is 2. The summed E-state index contributed by atoms with van der Waals surface area (Å²) in [6.07, 6.45) is 0. The zero-order chi connectivity index (χ0) is 7.44. The zero-order valence-electron chi connectivity index (χ0n) is 5.25. The first kappa shape index (κ1) is 7.90. The van der Waals surface area contributed by atoms with Crippen molar-refractivity contribution in [3.05, 3.63) is 0 Å². The molecule has 0 saturated heterocycles. The van der Waals surface area contributed by atoms with Gasteiger partial charge in [0.1, 0.15) is 0 Å². The van der Waals surface area contributed by atoms with Crippen molar-refractivity contribution in [1.29, 1.82) is 0 Å². The molecule has 0 spiro atoms. The van der Waals surface area contributed by atoms with Gasteiger partial charge in [-0.3, -0.25) is 14.4 Å². The number of carbonyl (C=O) groups is 2. The van der Waals surface area contributed by atoms with Crippen LogP contribution in [0.2, 0.25) is 0 Å². The lowest BCUT2D eigenvalue weighted by Crippen LogP contribution is -2.36. The third-order valence-electron chi connectivity index (χ3n) is 0.771. The molecule has 0 aliphatic heterocycles. The van der Waals surface area contributed by atoms with Crippen molar-refractivity contribution in [2.75, 3.05) is 14.2 Å². The molecule has 0 aliphatic rings. The van der Waals surface area contributed by atoms with Crippen molar-refractivity contribution in [2.24, 2.45) is 5.73 Å². The minimum Gasteiger partial charge on any atom is -0.361 e. The first-order valence-corrected chi connectivity index (χ1v) is 2.21. The van der Waals surface area contributed by atoms with Gasteiger partial charge < -0.3 is 5.73 Å². The van der Waals surface area contributed by atoms with Crippen molar-refractivity contribution >= 4 is 11.8 Å². The molecule has 0 aromatic rings. The summed E-state index contributed by atoms with van der Waals surface area (Å²) in [6.45, 7) is 0. The lowest BCUT2D eigenvalue weighted by molar-refractivity contribution is -0.172. The van der Waals surface area contributed by atoms with E-state index in [1.54, 1.807) is 0 Å². The van der Waals surface area contributed by atoms with Gasteiger partial charge in [-0.1, -0.05) is 0 Å². The topological polar surface area (TPSA) is 72.6 Å². The van der Waals surface area contributed by atoms with Gasteiger partial charge in [0, 0.05) is 7.05 Å². The van der Waals surface area contributed by atoms with Crippen LogP contribution in [0.3, 0.4) is 0 Å². The van der Waals surface area contributed by atoms with Gasteiger partial charge in [-0.05, 0) is 0 Å². The van der Waals surface area contributed by atoms with Crippen molar-refractivity contribution < 1.29 is 14.4 Å². The summed E-state index contributed by atoms with van der Waals surface area (Å²) in [5.41, 5.74) is 4.60. The fourth-order valence-corrected chi connectivity index (χ4v) is 0.238. The molecule has 0 atom stereocenters. The van der Waals surface area contributed by atoms with Gasteiger partial charge in [0.25, 0.3) is 0 Å². The van der Waals surface area contributed by atoms with Gasteiger partial charge in [-0.2, -0.15) is 0 Å². The number of likely N-dealkylation sites (N-methyl/N-ethyl adjacent to an activating group) is 1. The zero-order valence-corrected chi connectivity index (χ0v) is 5.25. The van der Waals surface area contributed by atoms with Crippen molar-refractivity contribution in [3.63, 3.8) is 0 Å². The molecule has 52 valence electrons. The molecule has 2 N–H and O–H groups in total. The van der Waals surface area contributed by atoms with Gasteiger partial charge in [-0.25, -0.2) is 5.06 Å². The number of carbonyl (C=O) groups excluding carboxylic acids is 2. The molecule has 0 unspecified atom stereocenters. The first-order valence-electron chi connectivity index (χ1n) is 2.21. The van der Waals surface area contributed by atoms with Gasteiger partial charge in [0.15, 0.2) is 0 Å². The average molecular weight is 132 g/mol. The van der Waals surface area contributed by atoms with Gasteiger partial charge in [0.05, 0.1) is 7.11 Å². The van der Waals surface area contributed by atoms with Crippen LogP contribution < -0.4 is 5.73 Å². The van der Waals surface area contributed by atoms with Crippen LogP contribution in [0.5, 0.6) is 0 Å². The molecule has 9 heavy (non-hydrogen) atoms. The molecule has 0 aromatic heterocycles. The normalized spacial score (nSPS) is 8.67. The fraction of sp³-hybridized carbons (Fsp3) is 0.500.